The molecule has 0 unspecified atom stereocenters. The van der Waals surface area contributed by atoms with Crippen LogP contribution in [-0.2, 0) is 11.2 Å². The summed E-state index contributed by atoms with van der Waals surface area (Å²) in [6, 6.07) is 19.7. The molecule has 8 nitrogen and oxygen atoms in total. The number of hydrogen-bond acceptors (Lipinski definition) is 5. The first-order valence-electron chi connectivity index (χ1n) is 10.4. The third kappa shape index (κ3) is 3.94. The number of aromatic nitrogens is 4. The lowest BCUT2D eigenvalue weighted by atomic mass is 9.95. The number of benzene rings is 3. The van der Waals surface area contributed by atoms with Crippen molar-refractivity contribution in [3.8, 4) is 11.1 Å². The van der Waals surface area contributed by atoms with Gasteiger partial charge in [0, 0.05) is 11.8 Å². The first kappa shape index (κ1) is 20.4. The summed E-state index contributed by atoms with van der Waals surface area (Å²) < 4.78 is 4.62. The van der Waals surface area contributed by atoms with Crippen molar-refractivity contribution in [1.82, 2.24) is 20.2 Å². The number of nitrogens with zero attached hydrogens (tertiary/aromatic N) is 2. The largest absolute Gasteiger partial charge is 0.453 e. The summed E-state index contributed by atoms with van der Waals surface area (Å²) >= 11 is 0. The topological polar surface area (TPSA) is 113 Å². The van der Waals surface area contributed by atoms with Crippen LogP contribution in [0.2, 0.25) is 0 Å². The van der Waals surface area contributed by atoms with Crippen molar-refractivity contribution in [1.29, 1.82) is 0 Å². The molecule has 1 amide bonds. The first-order chi connectivity index (χ1) is 16.0. The Morgan fingerprint density at radius 2 is 1.88 bits per heavy atom. The number of carbonyl (C=O) groups excluding carboxylic acids is 1. The number of nitrogens with one attached hydrogen (secondary N) is 3. The molecular formula is C25H21N5O3. The van der Waals surface area contributed by atoms with Gasteiger partial charge in [-0.1, -0.05) is 42.5 Å². The molecule has 0 saturated heterocycles. The molecule has 3 aromatic carbocycles. The Labute approximate surface area is 188 Å². The molecule has 0 aliphatic rings. The van der Waals surface area contributed by atoms with Gasteiger partial charge in [-0.05, 0) is 47.4 Å². The van der Waals surface area contributed by atoms with E-state index >= 15 is 0 Å². The van der Waals surface area contributed by atoms with Crippen LogP contribution < -0.4 is 10.9 Å². The number of anilines is 1. The van der Waals surface area contributed by atoms with Crippen molar-refractivity contribution in [3.63, 3.8) is 0 Å². The standard InChI is InChI=1S/C25H21N5O3/c1-14-7-8-15(12-21-17-5-3-4-6-18(17)23(31)30-29-21)11-19(14)16-9-10-20-22(13-16)27-24(26-20)28-25(32)33-2/h3-11,13H,12H2,1-2H3,(H,30,31)(H2,26,27,28,32). The van der Waals surface area contributed by atoms with Crippen molar-refractivity contribution < 1.29 is 9.53 Å². The zero-order valence-electron chi connectivity index (χ0n) is 18.1. The average molecular weight is 439 g/mol. The van der Waals surface area contributed by atoms with Crippen LogP contribution in [-0.4, -0.2) is 33.4 Å². The van der Waals surface area contributed by atoms with Crippen LogP contribution >= 0.6 is 0 Å². The highest BCUT2D eigenvalue weighted by Gasteiger charge is 2.11. The molecule has 0 fully saturated rings. The summed E-state index contributed by atoms with van der Waals surface area (Å²) in [7, 11) is 1.30. The molecule has 164 valence electrons. The molecular weight excluding hydrogens is 418 g/mol. The fraction of sp³-hybridized carbons (Fsp3) is 0.120. The molecule has 2 aromatic heterocycles. The average Bonchev–Trinajstić information content (AvgIpc) is 3.23. The zero-order chi connectivity index (χ0) is 22.9. The number of hydrogen-bond donors (Lipinski definition) is 3. The second-order valence-corrected chi connectivity index (χ2v) is 7.80. The van der Waals surface area contributed by atoms with Crippen molar-refractivity contribution >= 4 is 33.8 Å². The zero-order valence-corrected chi connectivity index (χ0v) is 18.1. The summed E-state index contributed by atoms with van der Waals surface area (Å²) in [6.07, 6.45) is 0.00353. The van der Waals surface area contributed by atoms with Crippen molar-refractivity contribution in [2.24, 2.45) is 0 Å². The van der Waals surface area contributed by atoms with Gasteiger partial charge in [-0.2, -0.15) is 5.10 Å². The van der Waals surface area contributed by atoms with Gasteiger partial charge >= 0.3 is 6.09 Å². The molecule has 2 heterocycles. The number of ether oxygens (including phenoxy) is 1. The van der Waals surface area contributed by atoms with E-state index in [9.17, 15) is 9.59 Å². The molecule has 5 aromatic rings. The van der Waals surface area contributed by atoms with E-state index in [1.165, 1.54) is 7.11 Å². The van der Waals surface area contributed by atoms with Gasteiger partial charge in [0.25, 0.3) is 5.56 Å². The minimum Gasteiger partial charge on any atom is -0.453 e. The summed E-state index contributed by atoms with van der Waals surface area (Å²) in [5.41, 5.74) is 6.47. The third-order valence-electron chi connectivity index (χ3n) is 5.65. The van der Waals surface area contributed by atoms with E-state index in [0.717, 1.165) is 44.4 Å². The van der Waals surface area contributed by atoms with Crippen LogP contribution in [0, 0.1) is 6.92 Å². The number of carbonyl (C=O) groups is 1. The van der Waals surface area contributed by atoms with E-state index in [1.807, 2.05) is 42.5 Å². The molecule has 8 heteroatoms. The predicted octanol–water partition coefficient (Wildman–Crippen LogP) is 4.54. The lowest BCUT2D eigenvalue weighted by Gasteiger charge is -2.10. The number of methoxy groups -OCH3 is 1. The minimum absolute atomic E-state index is 0.188. The van der Waals surface area contributed by atoms with Crippen LogP contribution in [0.15, 0.2) is 65.5 Å². The van der Waals surface area contributed by atoms with E-state index in [0.29, 0.717) is 17.8 Å². The number of aryl methyl sites for hydroxylation is 1. The van der Waals surface area contributed by atoms with Crippen LogP contribution in [0.4, 0.5) is 10.7 Å². The SMILES string of the molecule is COC(=O)Nc1nc2cc(-c3cc(Cc4n[nH]c(=O)c5ccccc45)ccc3C)ccc2[nH]1. The van der Waals surface area contributed by atoms with Crippen LogP contribution in [0.25, 0.3) is 32.9 Å². The Balaban J connectivity index is 1.50. The number of rotatable bonds is 4. The van der Waals surface area contributed by atoms with Gasteiger partial charge in [-0.15, -0.1) is 0 Å². The van der Waals surface area contributed by atoms with Crippen LogP contribution in [0.1, 0.15) is 16.8 Å². The van der Waals surface area contributed by atoms with Gasteiger partial charge in [0.05, 0.1) is 29.2 Å². The maximum Gasteiger partial charge on any atom is 0.413 e. The Kier molecular flexibility index (Phi) is 5.10. The van der Waals surface area contributed by atoms with Crippen molar-refractivity contribution in [2.45, 2.75) is 13.3 Å². The van der Waals surface area contributed by atoms with Gasteiger partial charge in [0.1, 0.15) is 0 Å². The molecule has 0 bridgehead atoms. The highest BCUT2D eigenvalue weighted by atomic mass is 16.5. The molecule has 0 spiro atoms. The number of imidazole rings is 1. The Bertz CT molecular complexity index is 1570. The second-order valence-electron chi connectivity index (χ2n) is 7.80. The maximum absolute atomic E-state index is 12.1. The van der Waals surface area contributed by atoms with Crippen LogP contribution in [0.5, 0.6) is 0 Å². The fourth-order valence-electron chi connectivity index (χ4n) is 3.97. The maximum atomic E-state index is 12.1. The van der Waals surface area contributed by atoms with Crippen LogP contribution in [0.3, 0.4) is 0 Å². The van der Waals surface area contributed by atoms with Gasteiger partial charge < -0.3 is 9.72 Å². The smallest absolute Gasteiger partial charge is 0.413 e. The van der Waals surface area contributed by atoms with Gasteiger partial charge in [0.15, 0.2) is 0 Å². The van der Waals surface area contributed by atoms with Crippen molar-refractivity contribution in [3.05, 3.63) is 87.8 Å². The highest BCUT2D eigenvalue weighted by molar-refractivity contribution is 5.88. The van der Waals surface area contributed by atoms with E-state index in [-0.39, 0.29) is 5.56 Å². The second kappa shape index (κ2) is 8.23. The van der Waals surface area contributed by atoms with E-state index in [2.05, 4.69) is 55.3 Å². The Morgan fingerprint density at radius 1 is 1.06 bits per heavy atom. The summed E-state index contributed by atoms with van der Waals surface area (Å²) in [6.45, 7) is 2.06. The number of amides is 1. The molecule has 33 heavy (non-hydrogen) atoms. The number of aromatic amines is 2. The van der Waals surface area contributed by atoms with Crippen molar-refractivity contribution in [2.75, 3.05) is 12.4 Å². The number of H-pyrrole nitrogens is 2. The third-order valence-corrected chi connectivity index (χ3v) is 5.65. The van der Waals surface area contributed by atoms with E-state index in [4.69, 9.17) is 0 Å². The molecule has 3 N–H and O–H groups in total. The Morgan fingerprint density at radius 3 is 2.70 bits per heavy atom. The molecule has 0 aliphatic carbocycles. The Hall–Kier alpha value is -4.46. The molecule has 5 rings (SSSR count). The molecule has 0 saturated carbocycles. The minimum atomic E-state index is -0.582. The number of fused-ring (bicyclic) bond motifs is 2. The lowest BCUT2D eigenvalue weighted by Crippen LogP contribution is -2.11. The monoisotopic (exact) mass is 439 g/mol. The summed E-state index contributed by atoms with van der Waals surface area (Å²) in [5.74, 6) is 0.329. The normalized spacial score (nSPS) is 11.1. The van der Waals surface area contributed by atoms with Gasteiger partial charge in [0.2, 0.25) is 5.95 Å². The van der Waals surface area contributed by atoms with Gasteiger partial charge in [-0.25, -0.2) is 14.9 Å². The quantitative estimate of drug-likeness (QED) is 0.380. The summed E-state index contributed by atoms with van der Waals surface area (Å²) in [5, 5.41) is 10.9. The van der Waals surface area contributed by atoms with Gasteiger partial charge in [-0.3, -0.25) is 10.1 Å². The first-order valence-corrected chi connectivity index (χ1v) is 10.4. The van der Waals surface area contributed by atoms with E-state index in [1.54, 1.807) is 0 Å². The molecule has 0 aliphatic heterocycles. The summed E-state index contributed by atoms with van der Waals surface area (Å²) in [4.78, 5) is 31.1. The molecule has 0 atom stereocenters. The lowest BCUT2D eigenvalue weighted by molar-refractivity contribution is 0.186. The fourth-order valence-corrected chi connectivity index (χ4v) is 3.97. The predicted molar refractivity (Wildman–Crippen MR) is 127 cm³/mol. The van der Waals surface area contributed by atoms with E-state index < -0.39 is 6.09 Å². The highest BCUT2D eigenvalue weighted by Crippen LogP contribution is 2.29. The molecule has 0 radical (unpaired) electrons.